The van der Waals surface area contributed by atoms with Crippen molar-refractivity contribution in [3.63, 3.8) is 0 Å². The van der Waals surface area contributed by atoms with Gasteiger partial charge >= 0.3 is 17.1 Å². The molecular weight excluding hydrogens is 757 g/mol. The van der Waals surface area contributed by atoms with E-state index in [2.05, 4.69) is 101 Å². The second-order valence-corrected chi connectivity index (χ2v) is 12.6. The minimum absolute atomic E-state index is 0. The molecule has 2 aromatic carbocycles. The molecule has 0 unspecified atom stereocenters. The predicted molar refractivity (Wildman–Crippen MR) is 212 cm³/mol. The van der Waals surface area contributed by atoms with E-state index in [1.54, 1.807) is 47.5 Å². The summed E-state index contributed by atoms with van der Waals surface area (Å²) in [6.45, 7) is 0. The number of rotatable bonds is 2. The largest absolute Gasteiger partial charge is 2.00 e. The molecule has 0 radical (unpaired) electrons. The summed E-state index contributed by atoms with van der Waals surface area (Å²) < 4.78 is 0. The summed E-state index contributed by atoms with van der Waals surface area (Å²) in [6.07, 6.45) is 7.21. The van der Waals surface area contributed by atoms with Crippen LogP contribution in [0.3, 0.4) is 0 Å². The van der Waals surface area contributed by atoms with Crippen LogP contribution in [0.5, 0.6) is 0 Å². The normalized spacial score (nSPS) is 10.4. The molecule has 0 amide bonds. The number of hydrogen-bond donors (Lipinski definition) is 2. The van der Waals surface area contributed by atoms with Gasteiger partial charge in [-0.1, -0.05) is 36.6 Å². The Morgan fingerprint density at radius 1 is 0.490 bits per heavy atom. The Labute approximate surface area is 318 Å². The Kier molecular flexibility index (Phi) is 11.1. The molecule has 0 spiro atoms. The molecule has 0 saturated heterocycles. The topological polar surface area (TPSA) is 154 Å². The average molecular weight is 777 g/mol. The molecule has 10 rings (SSSR count). The van der Waals surface area contributed by atoms with Crippen molar-refractivity contribution in [2.24, 2.45) is 0 Å². The number of benzene rings is 2. The summed E-state index contributed by atoms with van der Waals surface area (Å²) >= 11 is 10.8. The van der Waals surface area contributed by atoms with E-state index in [9.17, 15) is 0 Å². The SMILES string of the molecule is [Fe+2].[N-]=C=S.[N-]=C=S.c1csc(-c2nc3c4cccnc4c4ncccc4c3[nH]2)c1.c1csc(-c2nc3c4cccnc4c4ncccc4c3[nH]2)c1. The molecule has 0 fully saturated rings. The molecule has 51 heavy (non-hydrogen) atoms. The Balaban J connectivity index is 0.000000150. The Hall–Kier alpha value is -5.46. The monoisotopic (exact) mass is 776 g/mol. The molecule has 0 atom stereocenters. The van der Waals surface area contributed by atoms with E-state index < -0.39 is 0 Å². The number of nitrogens with zero attached hydrogens (tertiary/aromatic N) is 8. The zero-order chi connectivity index (χ0) is 34.5. The Morgan fingerprint density at radius 2 is 0.824 bits per heavy atom. The zero-order valence-corrected chi connectivity index (χ0v) is 30.3. The summed E-state index contributed by atoms with van der Waals surface area (Å²) in [6, 6.07) is 24.2. The fraction of sp³-hybridized carbons (Fsp3) is 0. The van der Waals surface area contributed by atoms with E-state index in [0.717, 1.165) is 87.1 Å². The van der Waals surface area contributed by atoms with Gasteiger partial charge in [0.15, 0.2) is 0 Å². The minimum Gasteiger partial charge on any atom is -0.753 e. The van der Waals surface area contributed by atoms with Gasteiger partial charge in [0.1, 0.15) is 11.6 Å². The van der Waals surface area contributed by atoms with Crippen molar-refractivity contribution in [1.29, 1.82) is 0 Å². The van der Waals surface area contributed by atoms with Gasteiger partial charge in [0.25, 0.3) is 0 Å². The van der Waals surface area contributed by atoms with Gasteiger partial charge in [0.2, 0.25) is 0 Å². The fourth-order valence-electron chi connectivity index (χ4n) is 5.75. The van der Waals surface area contributed by atoms with Gasteiger partial charge in [0.05, 0.1) is 53.9 Å². The van der Waals surface area contributed by atoms with Crippen molar-refractivity contribution in [2.75, 3.05) is 0 Å². The summed E-state index contributed by atoms with van der Waals surface area (Å²) in [5.74, 6) is 1.79. The molecule has 0 aliphatic heterocycles. The summed E-state index contributed by atoms with van der Waals surface area (Å²) in [4.78, 5) is 36.9. The molecule has 2 N–H and O–H groups in total. The summed E-state index contributed by atoms with van der Waals surface area (Å²) in [7, 11) is 0. The van der Waals surface area contributed by atoms with E-state index in [0.29, 0.717) is 0 Å². The van der Waals surface area contributed by atoms with Crippen molar-refractivity contribution in [2.45, 2.75) is 0 Å². The Bertz CT molecular complexity index is 2490. The molecule has 0 bridgehead atoms. The first-order chi connectivity index (χ1) is 24.7. The minimum atomic E-state index is 0. The number of aromatic amines is 2. The molecule has 15 heteroatoms. The fourth-order valence-corrected chi connectivity index (χ4v) is 7.09. The van der Waals surface area contributed by atoms with Crippen molar-refractivity contribution < 1.29 is 17.1 Å². The molecule has 246 valence electrons. The zero-order valence-electron chi connectivity index (χ0n) is 26.0. The first-order valence-electron chi connectivity index (χ1n) is 14.8. The van der Waals surface area contributed by atoms with Crippen molar-refractivity contribution >= 4 is 123 Å². The van der Waals surface area contributed by atoms with Crippen molar-refractivity contribution in [3.8, 4) is 21.4 Å². The van der Waals surface area contributed by atoms with Gasteiger partial charge in [-0.05, 0) is 71.4 Å². The molecule has 0 aliphatic rings. The summed E-state index contributed by atoms with van der Waals surface area (Å²) in [5.41, 5.74) is 7.56. The van der Waals surface area contributed by atoms with E-state index in [1.165, 1.54) is 10.3 Å². The molecule has 0 saturated carbocycles. The maximum absolute atomic E-state index is 7.13. The van der Waals surface area contributed by atoms with Crippen LogP contribution in [-0.2, 0) is 17.1 Å². The Morgan fingerprint density at radius 3 is 1.16 bits per heavy atom. The van der Waals surface area contributed by atoms with Gasteiger partial charge in [-0.25, -0.2) is 9.97 Å². The van der Waals surface area contributed by atoms with Crippen LogP contribution in [0.15, 0.2) is 108 Å². The van der Waals surface area contributed by atoms with E-state index in [-0.39, 0.29) is 17.1 Å². The van der Waals surface area contributed by atoms with Gasteiger partial charge < -0.3 is 20.8 Å². The van der Waals surface area contributed by atoms with Crippen LogP contribution in [-0.4, -0.2) is 50.2 Å². The van der Waals surface area contributed by atoms with Crippen LogP contribution in [0.1, 0.15) is 0 Å². The quantitative estimate of drug-likeness (QED) is 0.0761. The van der Waals surface area contributed by atoms with Gasteiger partial charge in [-0.2, -0.15) is 10.3 Å². The summed E-state index contributed by atoms with van der Waals surface area (Å²) in [5, 5.41) is 25.2. The third kappa shape index (κ3) is 6.84. The van der Waals surface area contributed by atoms with Crippen LogP contribution >= 0.6 is 47.1 Å². The van der Waals surface area contributed by atoms with E-state index in [4.69, 9.17) is 20.8 Å². The third-order valence-electron chi connectivity index (χ3n) is 7.65. The third-order valence-corrected chi connectivity index (χ3v) is 9.40. The number of isothiocyanates is 2. The molecule has 0 aliphatic carbocycles. The molecule has 8 aromatic heterocycles. The number of hydrogen-bond acceptors (Lipinski definition) is 10. The van der Waals surface area contributed by atoms with Crippen LogP contribution < -0.4 is 0 Å². The second kappa shape index (κ2) is 16.0. The average Bonchev–Trinajstić information content (AvgIpc) is 4.00. The molecule has 10 aromatic rings. The van der Waals surface area contributed by atoms with Gasteiger partial charge in [-0.15, -0.1) is 22.7 Å². The van der Waals surface area contributed by atoms with E-state index >= 15 is 0 Å². The molecule has 8 heterocycles. The number of H-pyrrole nitrogens is 2. The number of thiophene rings is 2. The van der Waals surface area contributed by atoms with Crippen molar-refractivity contribution in [3.05, 3.63) is 119 Å². The maximum Gasteiger partial charge on any atom is 2.00 e. The number of pyridine rings is 4. The van der Waals surface area contributed by atoms with Crippen LogP contribution in [0, 0.1) is 0 Å². The van der Waals surface area contributed by atoms with Crippen LogP contribution in [0.4, 0.5) is 0 Å². The number of imidazole rings is 2. The standard InChI is InChI=1S/2C17H10N4S.2CNS.Fe/c2*1-4-10-13(18-7-1)14-11(5-2-8-19-14)16-15(10)20-17(21-16)12-6-3-9-22-12;2*2-1-3;/h2*1-9H,(H,20,21);;;/q;;2*-1;+2. The first-order valence-corrected chi connectivity index (χ1v) is 17.4. The van der Waals surface area contributed by atoms with Gasteiger partial charge in [-0.3, -0.25) is 19.9 Å². The predicted octanol–water partition coefficient (Wildman–Crippen LogP) is 10.1. The molecule has 10 nitrogen and oxygen atoms in total. The van der Waals surface area contributed by atoms with E-state index in [1.807, 2.05) is 36.4 Å². The van der Waals surface area contributed by atoms with Gasteiger partial charge in [0, 0.05) is 46.3 Å². The number of fused-ring (bicyclic) bond motifs is 12. The van der Waals surface area contributed by atoms with Crippen molar-refractivity contribution in [1.82, 2.24) is 39.9 Å². The smallest absolute Gasteiger partial charge is 0.753 e. The van der Waals surface area contributed by atoms with Crippen LogP contribution in [0.25, 0.3) is 97.9 Å². The molecular formula is C36H20FeN10S4. The van der Waals surface area contributed by atoms with Crippen LogP contribution in [0.2, 0.25) is 0 Å². The number of aromatic nitrogens is 8. The first kappa shape index (κ1) is 35.4. The maximum atomic E-state index is 7.13. The number of thiocarbonyl (C=S) groups is 2. The number of nitrogens with one attached hydrogen (secondary N) is 2. The second-order valence-electron chi connectivity index (χ2n) is 10.4.